The van der Waals surface area contributed by atoms with Crippen LogP contribution in [0.3, 0.4) is 0 Å². The normalized spacial score (nSPS) is 12.6. The zero-order valence-corrected chi connectivity index (χ0v) is 12.7. The number of likely N-dealkylation sites (N-methyl/N-ethyl adjacent to an activating group) is 1. The molecule has 0 amide bonds. The summed E-state index contributed by atoms with van der Waals surface area (Å²) in [7, 11) is 1.82. The van der Waals surface area contributed by atoms with Crippen LogP contribution in [0.4, 0.5) is 0 Å². The molecule has 0 spiro atoms. The summed E-state index contributed by atoms with van der Waals surface area (Å²) in [5, 5.41) is 14.0. The zero-order chi connectivity index (χ0) is 15.4. The molecular weight excluding hydrogens is 266 g/mol. The van der Waals surface area contributed by atoms with E-state index in [4.69, 9.17) is 0 Å². The molecule has 0 bridgehead atoms. The zero-order valence-electron chi connectivity index (χ0n) is 12.7. The Kier molecular flexibility index (Phi) is 4.75. The summed E-state index contributed by atoms with van der Waals surface area (Å²) >= 11 is 0. The molecule has 1 heterocycles. The summed E-state index contributed by atoms with van der Waals surface area (Å²) in [4.78, 5) is 13.5. The number of carbonyl (C=O) groups is 1. The molecule has 0 saturated heterocycles. The van der Waals surface area contributed by atoms with Crippen LogP contribution in [0.15, 0.2) is 36.5 Å². The van der Waals surface area contributed by atoms with Gasteiger partial charge in [0, 0.05) is 19.3 Å². The summed E-state index contributed by atoms with van der Waals surface area (Å²) in [6, 6.07) is 8.85. The van der Waals surface area contributed by atoms with Crippen LogP contribution in [0.5, 0.6) is 0 Å². The van der Waals surface area contributed by atoms with Crippen molar-refractivity contribution in [3.8, 4) is 0 Å². The monoisotopic (exact) mass is 287 g/mol. The number of benzene rings is 1. The van der Waals surface area contributed by atoms with E-state index in [0.717, 1.165) is 23.4 Å². The van der Waals surface area contributed by atoms with Gasteiger partial charge in [0.15, 0.2) is 0 Å². The number of carboxylic acid groups (broad SMARTS) is 1. The number of hydrogen-bond acceptors (Lipinski definition) is 3. The predicted octanol–water partition coefficient (Wildman–Crippen LogP) is 2.47. The molecule has 1 aromatic heterocycles. The minimum atomic E-state index is -0.846. The van der Waals surface area contributed by atoms with Crippen molar-refractivity contribution < 1.29 is 9.90 Å². The molecule has 0 saturated carbocycles. The minimum absolute atomic E-state index is 0.498. The van der Waals surface area contributed by atoms with E-state index in [1.165, 1.54) is 0 Å². The number of rotatable bonds is 6. The minimum Gasteiger partial charge on any atom is -0.480 e. The second-order valence-electron chi connectivity index (χ2n) is 5.18. The van der Waals surface area contributed by atoms with E-state index in [9.17, 15) is 9.90 Å². The van der Waals surface area contributed by atoms with Crippen LogP contribution in [0.2, 0.25) is 0 Å². The maximum Gasteiger partial charge on any atom is 0.325 e. The van der Waals surface area contributed by atoms with Gasteiger partial charge >= 0.3 is 5.97 Å². The van der Waals surface area contributed by atoms with Gasteiger partial charge in [-0.3, -0.25) is 14.4 Å². The second kappa shape index (κ2) is 6.54. The first-order chi connectivity index (χ1) is 10.0. The summed E-state index contributed by atoms with van der Waals surface area (Å²) in [6.07, 6.45) is 1.91. The highest BCUT2D eigenvalue weighted by Gasteiger charge is 2.26. The molecule has 1 unspecified atom stereocenters. The van der Waals surface area contributed by atoms with Gasteiger partial charge in [0.2, 0.25) is 0 Å². The van der Waals surface area contributed by atoms with Crippen LogP contribution in [-0.4, -0.2) is 32.8 Å². The van der Waals surface area contributed by atoms with Gasteiger partial charge in [-0.15, -0.1) is 0 Å². The molecule has 0 aliphatic rings. The van der Waals surface area contributed by atoms with Gasteiger partial charge in [-0.05, 0) is 38.1 Å². The first-order valence-electron chi connectivity index (χ1n) is 7.03. The number of carboxylic acids is 1. The Labute approximate surface area is 124 Å². The van der Waals surface area contributed by atoms with Crippen LogP contribution in [-0.2, 0) is 17.9 Å². The maximum absolute atomic E-state index is 11.7. The molecule has 0 radical (unpaired) electrons. The van der Waals surface area contributed by atoms with Gasteiger partial charge in [0.05, 0.1) is 5.69 Å². The van der Waals surface area contributed by atoms with E-state index < -0.39 is 12.0 Å². The van der Waals surface area contributed by atoms with Crippen molar-refractivity contribution in [3.05, 3.63) is 53.3 Å². The molecule has 0 fully saturated rings. The summed E-state index contributed by atoms with van der Waals surface area (Å²) in [5.74, 6) is -0.846. The average molecular weight is 287 g/mol. The highest BCUT2D eigenvalue weighted by atomic mass is 16.4. The predicted molar refractivity (Wildman–Crippen MR) is 80.9 cm³/mol. The topological polar surface area (TPSA) is 58.4 Å². The fourth-order valence-corrected chi connectivity index (χ4v) is 2.46. The third kappa shape index (κ3) is 3.49. The molecule has 2 rings (SSSR count). The highest BCUT2D eigenvalue weighted by Crippen LogP contribution is 2.24. The Bertz CT molecular complexity index is 621. The average Bonchev–Trinajstić information content (AvgIpc) is 2.88. The van der Waals surface area contributed by atoms with Crippen LogP contribution >= 0.6 is 0 Å². The molecule has 1 aromatic carbocycles. The molecule has 0 aliphatic carbocycles. The lowest BCUT2D eigenvalue weighted by Gasteiger charge is -2.25. The lowest BCUT2D eigenvalue weighted by molar-refractivity contribution is -0.143. The molecule has 21 heavy (non-hydrogen) atoms. The molecule has 5 heteroatoms. The molecule has 112 valence electrons. The molecule has 1 atom stereocenters. The number of nitrogens with zero attached hydrogens (tertiary/aromatic N) is 3. The van der Waals surface area contributed by atoms with E-state index in [-0.39, 0.29) is 0 Å². The van der Waals surface area contributed by atoms with Crippen molar-refractivity contribution in [2.75, 3.05) is 7.05 Å². The van der Waals surface area contributed by atoms with Crippen LogP contribution < -0.4 is 0 Å². The van der Waals surface area contributed by atoms with E-state index >= 15 is 0 Å². The van der Waals surface area contributed by atoms with Crippen molar-refractivity contribution in [3.63, 3.8) is 0 Å². The Balaban J connectivity index is 2.22. The molecule has 1 N–H and O–H groups in total. The largest absolute Gasteiger partial charge is 0.480 e. The summed E-state index contributed by atoms with van der Waals surface area (Å²) in [5.41, 5.74) is 2.68. The standard InChI is InChI=1S/C16H21N3O2/c1-4-19-10-9-13(17-19)11-18(3)15(16(20)21)14-8-6-5-7-12(14)2/h5-10,15H,4,11H2,1-3H3,(H,20,21). The Morgan fingerprint density at radius 2 is 2.10 bits per heavy atom. The second-order valence-corrected chi connectivity index (χ2v) is 5.18. The van der Waals surface area contributed by atoms with Gasteiger partial charge < -0.3 is 5.11 Å². The van der Waals surface area contributed by atoms with E-state index in [0.29, 0.717) is 6.54 Å². The summed E-state index contributed by atoms with van der Waals surface area (Å²) < 4.78 is 1.84. The Morgan fingerprint density at radius 1 is 1.38 bits per heavy atom. The fourth-order valence-electron chi connectivity index (χ4n) is 2.46. The SMILES string of the molecule is CCn1ccc(CN(C)C(C(=O)O)c2ccccc2C)n1. The lowest BCUT2D eigenvalue weighted by atomic mass is 10.0. The summed E-state index contributed by atoms with van der Waals surface area (Å²) in [6.45, 7) is 5.26. The van der Waals surface area contributed by atoms with Crippen molar-refractivity contribution >= 4 is 5.97 Å². The highest BCUT2D eigenvalue weighted by molar-refractivity contribution is 5.76. The van der Waals surface area contributed by atoms with Crippen molar-refractivity contribution in [1.29, 1.82) is 0 Å². The first-order valence-corrected chi connectivity index (χ1v) is 7.03. The van der Waals surface area contributed by atoms with Crippen LogP contribution in [0, 0.1) is 6.92 Å². The maximum atomic E-state index is 11.7. The van der Waals surface area contributed by atoms with Crippen LogP contribution in [0.1, 0.15) is 29.8 Å². The van der Waals surface area contributed by atoms with Gasteiger partial charge in [0.25, 0.3) is 0 Å². The van der Waals surface area contributed by atoms with Crippen LogP contribution in [0.25, 0.3) is 0 Å². The fraction of sp³-hybridized carbons (Fsp3) is 0.375. The van der Waals surface area contributed by atoms with E-state index in [2.05, 4.69) is 5.10 Å². The number of aliphatic carboxylic acids is 1. The smallest absolute Gasteiger partial charge is 0.325 e. The van der Waals surface area contributed by atoms with Gasteiger partial charge in [-0.2, -0.15) is 5.10 Å². The Morgan fingerprint density at radius 3 is 2.67 bits per heavy atom. The molecular formula is C16H21N3O2. The quantitative estimate of drug-likeness (QED) is 0.886. The Hall–Kier alpha value is -2.14. The number of aromatic nitrogens is 2. The number of hydrogen-bond donors (Lipinski definition) is 1. The van der Waals surface area contributed by atoms with E-state index in [1.54, 1.807) is 0 Å². The molecule has 2 aromatic rings. The van der Waals surface area contributed by atoms with Gasteiger partial charge in [-0.25, -0.2) is 0 Å². The third-order valence-corrected chi connectivity index (χ3v) is 3.59. The molecule has 0 aliphatic heterocycles. The number of aryl methyl sites for hydroxylation is 2. The van der Waals surface area contributed by atoms with E-state index in [1.807, 2.05) is 67.0 Å². The van der Waals surface area contributed by atoms with Gasteiger partial charge in [-0.1, -0.05) is 24.3 Å². The third-order valence-electron chi connectivity index (χ3n) is 3.59. The van der Waals surface area contributed by atoms with Crippen molar-refractivity contribution in [2.45, 2.75) is 33.0 Å². The first kappa shape index (κ1) is 15.3. The van der Waals surface area contributed by atoms with Crippen molar-refractivity contribution in [1.82, 2.24) is 14.7 Å². The van der Waals surface area contributed by atoms with Gasteiger partial charge in [0.1, 0.15) is 6.04 Å². The molecule has 5 nitrogen and oxygen atoms in total. The van der Waals surface area contributed by atoms with Crippen molar-refractivity contribution in [2.24, 2.45) is 0 Å². The lowest BCUT2D eigenvalue weighted by Crippen LogP contribution is -2.31.